The minimum Gasteiger partial charge on any atom is -0.353 e. The molecule has 1 fully saturated rings. The Kier molecular flexibility index (Phi) is 7.14. The van der Waals surface area contributed by atoms with E-state index in [0.29, 0.717) is 41.8 Å². The maximum absolute atomic E-state index is 12.3. The first-order chi connectivity index (χ1) is 15.2. The van der Waals surface area contributed by atoms with Crippen LogP contribution < -0.4 is 10.6 Å². The monoisotopic (exact) mass is 438 g/mol. The number of aromatic nitrogens is 4. The van der Waals surface area contributed by atoms with Gasteiger partial charge in [-0.05, 0) is 37.1 Å². The van der Waals surface area contributed by atoms with Crippen LogP contribution in [-0.4, -0.2) is 50.0 Å². The molecule has 0 atom stereocenters. The van der Waals surface area contributed by atoms with Gasteiger partial charge in [-0.15, -0.1) is 10.2 Å². The first-order valence-corrected chi connectivity index (χ1v) is 11.6. The zero-order chi connectivity index (χ0) is 21.5. The molecule has 2 aromatic heterocycles. The van der Waals surface area contributed by atoms with Crippen LogP contribution >= 0.6 is 11.8 Å². The van der Waals surface area contributed by atoms with Gasteiger partial charge in [0.15, 0.2) is 11.5 Å². The van der Waals surface area contributed by atoms with Crippen molar-refractivity contribution in [2.75, 3.05) is 12.3 Å². The zero-order valence-electron chi connectivity index (χ0n) is 17.3. The van der Waals surface area contributed by atoms with Crippen molar-refractivity contribution in [1.29, 1.82) is 0 Å². The Morgan fingerprint density at radius 1 is 1.03 bits per heavy atom. The van der Waals surface area contributed by atoms with Gasteiger partial charge in [0.2, 0.25) is 5.91 Å². The summed E-state index contributed by atoms with van der Waals surface area (Å²) >= 11 is 1.40. The van der Waals surface area contributed by atoms with E-state index in [1.54, 1.807) is 16.6 Å². The number of nitrogens with zero attached hydrogens (tertiary/aromatic N) is 4. The van der Waals surface area contributed by atoms with E-state index in [2.05, 4.69) is 25.9 Å². The molecule has 1 aliphatic rings. The third kappa shape index (κ3) is 5.81. The summed E-state index contributed by atoms with van der Waals surface area (Å²) in [6.45, 7) is 0.428. The van der Waals surface area contributed by atoms with Crippen molar-refractivity contribution < 1.29 is 9.59 Å². The Bertz CT molecular complexity index is 1030. The second-order valence-electron chi connectivity index (χ2n) is 7.62. The topological polar surface area (TPSA) is 101 Å². The highest BCUT2D eigenvalue weighted by molar-refractivity contribution is 7.99. The van der Waals surface area contributed by atoms with Gasteiger partial charge in [-0.2, -0.15) is 9.61 Å². The molecule has 162 valence electrons. The quantitative estimate of drug-likeness (QED) is 0.525. The van der Waals surface area contributed by atoms with Crippen molar-refractivity contribution >= 4 is 29.2 Å². The number of hydrogen-bond acceptors (Lipinski definition) is 6. The molecular weight excluding hydrogens is 412 g/mol. The first kappa shape index (κ1) is 21.3. The van der Waals surface area contributed by atoms with Crippen molar-refractivity contribution in [3.8, 4) is 0 Å². The summed E-state index contributed by atoms with van der Waals surface area (Å²) < 4.78 is 1.68. The molecular formula is C22H26N6O2S. The maximum atomic E-state index is 12.3. The predicted molar refractivity (Wildman–Crippen MR) is 119 cm³/mol. The van der Waals surface area contributed by atoms with Gasteiger partial charge in [-0.25, -0.2) is 0 Å². The summed E-state index contributed by atoms with van der Waals surface area (Å²) in [5.74, 6) is 0.922. The lowest BCUT2D eigenvalue weighted by Crippen LogP contribution is -2.37. The van der Waals surface area contributed by atoms with Gasteiger partial charge in [0.1, 0.15) is 5.03 Å². The average molecular weight is 439 g/mol. The molecule has 9 heteroatoms. The number of carbonyl (C=O) groups excluding carboxylic acids is 2. The molecule has 3 aromatic rings. The van der Waals surface area contributed by atoms with E-state index in [4.69, 9.17) is 0 Å². The van der Waals surface area contributed by atoms with Crippen molar-refractivity contribution in [3.63, 3.8) is 0 Å². The number of thioether (sulfide) groups is 1. The second-order valence-corrected chi connectivity index (χ2v) is 8.62. The molecule has 1 aliphatic carbocycles. The SMILES string of the molecule is O=C(CSc1ccc2nnc(CCNC(=O)c3ccccc3)n2n1)NC1CCCCC1. The number of fused-ring (bicyclic) bond motifs is 1. The highest BCUT2D eigenvalue weighted by Gasteiger charge is 2.16. The van der Waals surface area contributed by atoms with Crippen molar-refractivity contribution in [3.05, 3.63) is 53.9 Å². The largest absolute Gasteiger partial charge is 0.353 e. The summed E-state index contributed by atoms with van der Waals surface area (Å²) in [5.41, 5.74) is 1.26. The van der Waals surface area contributed by atoms with Gasteiger partial charge in [0.25, 0.3) is 5.91 Å². The Morgan fingerprint density at radius 3 is 2.65 bits per heavy atom. The molecule has 0 radical (unpaired) electrons. The van der Waals surface area contributed by atoms with E-state index in [1.807, 2.05) is 30.3 Å². The van der Waals surface area contributed by atoms with Gasteiger partial charge in [0, 0.05) is 24.6 Å². The van der Waals surface area contributed by atoms with Crippen LogP contribution in [0, 0.1) is 0 Å². The molecule has 4 rings (SSSR count). The molecule has 1 saturated carbocycles. The Balaban J connectivity index is 1.30. The van der Waals surface area contributed by atoms with E-state index in [1.165, 1.54) is 31.0 Å². The lowest BCUT2D eigenvalue weighted by atomic mass is 9.95. The summed E-state index contributed by atoms with van der Waals surface area (Å²) in [7, 11) is 0. The fraction of sp³-hybridized carbons (Fsp3) is 0.409. The fourth-order valence-electron chi connectivity index (χ4n) is 3.68. The Labute approximate surface area is 185 Å². The summed E-state index contributed by atoms with van der Waals surface area (Å²) in [5, 5.41) is 19.6. The Hall–Kier alpha value is -2.94. The molecule has 2 heterocycles. The van der Waals surface area contributed by atoms with E-state index < -0.39 is 0 Å². The zero-order valence-corrected chi connectivity index (χ0v) is 18.1. The van der Waals surface area contributed by atoms with Crippen molar-refractivity contribution in [1.82, 2.24) is 30.4 Å². The second kappa shape index (κ2) is 10.4. The van der Waals surface area contributed by atoms with Gasteiger partial charge in [0.05, 0.1) is 5.75 Å². The lowest BCUT2D eigenvalue weighted by Gasteiger charge is -2.22. The highest BCUT2D eigenvalue weighted by Crippen LogP contribution is 2.19. The summed E-state index contributed by atoms with van der Waals surface area (Å²) in [4.78, 5) is 24.4. The predicted octanol–water partition coefficient (Wildman–Crippen LogP) is 2.64. The minimum absolute atomic E-state index is 0.0476. The fourth-order valence-corrected chi connectivity index (χ4v) is 4.35. The number of nitrogens with one attached hydrogen (secondary N) is 2. The van der Waals surface area contributed by atoms with Crippen molar-refractivity contribution in [2.45, 2.75) is 49.6 Å². The number of hydrogen-bond donors (Lipinski definition) is 2. The molecule has 0 bridgehead atoms. The third-order valence-electron chi connectivity index (χ3n) is 5.29. The normalized spacial score (nSPS) is 14.5. The van der Waals surface area contributed by atoms with Crippen LogP contribution in [0.3, 0.4) is 0 Å². The molecule has 31 heavy (non-hydrogen) atoms. The van der Waals surface area contributed by atoms with Crippen LogP contribution in [0.2, 0.25) is 0 Å². The highest BCUT2D eigenvalue weighted by atomic mass is 32.2. The molecule has 0 unspecified atom stereocenters. The van der Waals surface area contributed by atoms with E-state index in [9.17, 15) is 9.59 Å². The van der Waals surface area contributed by atoms with Crippen LogP contribution in [0.25, 0.3) is 5.65 Å². The number of benzene rings is 1. The number of rotatable bonds is 8. The van der Waals surface area contributed by atoms with E-state index >= 15 is 0 Å². The molecule has 1 aromatic carbocycles. The van der Waals surface area contributed by atoms with Gasteiger partial charge >= 0.3 is 0 Å². The van der Waals surface area contributed by atoms with Gasteiger partial charge < -0.3 is 10.6 Å². The average Bonchev–Trinajstić information content (AvgIpc) is 3.21. The number of amides is 2. The molecule has 0 spiro atoms. The standard InChI is InChI=1S/C22H26N6O2S/c29-20(24-17-9-5-2-6-10-17)15-31-21-12-11-18-25-26-19(28(18)27-21)13-14-23-22(30)16-7-3-1-4-8-16/h1,3-4,7-8,11-12,17H,2,5-6,9-10,13-15H2,(H,23,30)(H,24,29). The maximum Gasteiger partial charge on any atom is 0.251 e. The van der Waals surface area contributed by atoms with Gasteiger partial charge in [-0.1, -0.05) is 49.2 Å². The lowest BCUT2D eigenvalue weighted by molar-refractivity contribution is -0.119. The molecule has 2 amide bonds. The molecule has 2 N–H and O–H groups in total. The smallest absolute Gasteiger partial charge is 0.251 e. The van der Waals surface area contributed by atoms with E-state index in [-0.39, 0.29) is 11.8 Å². The van der Waals surface area contributed by atoms with Crippen LogP contribution in [0.5, 0.6) is 0 Å². The minimum atomic E-state index is -0.123. The number of carbonyl (C=O) groups is 2. The molecule has 8 nitrogen and oxygen atoms in total. The molecule has 0 aliphatic heterocycles. The third-order valence-corrected chi connectivity index (χ3v) is 6.21. The Morgan fingerprint density at radius 2 is 1.84 bits per heavy atom. The van der Waals surface area contributed by atoms with Crippen LogP contribution in [0.15, 0.2) is 47.5 Å². The van der Waals surface area contributed by atoms with Crippen LogP contribution in [0.4, 0.5) is 0 Å². The first-order valence-electron chi connectivity index (χ1n) is 10.7. The summed E-state index contributed by atoms with van der Waals surface area (Å²) in [6.07, 6.45) is 6.30. The van der Waals surface area contributed by atoms with E-state index in [0.717, 1.165) is 17.9 Å². The van der Waals surface area contributed by atoms with Gasteiger partial charge in [-0.3, -0.25) is 9.59 Å². The van der Waals surface area contributed by atoms with Crippen molar-refractivity contribution in [2.24, 2.45) is 0 Å². The molecule has 0 saturated heterocycles. The summed E-state index contributed by atoms with van der Waals surface area (Å²) in [6, 6.07) is 13.1. The van der Waals surface area contributed by atoms with Crippen LogP contribution in [-0.2, 0) is 11.2 Å². The van der Waals surface area contributed by atoms with Crippen LogP contribution in [0.1, 0.15) is 48.3 Å².